The average Bonchev–Trinajstić information content (AvgIpc) is 3.01. The molecule has 3 aromatic heterocycles. The first-order chi connectivity index (χ1) is 12.0. The molecule has 0 aliphatic carbocycles. The van der Waals surface area contributed by atoms with Gasteiger partial charge in [0, 0.05) is 45.8 Å². The van der Waals surface area contributed by atoms with Gasteiger partial charge in [-0.15, -0.1) is 0 Å². The average molecular weight is 347 g/mol. The van der Waals surface area contributed by atoms with E-state index in [1.807, 2.05) is 18.5 Å². The third kappa shape index (κ3) is 2.65. The molecule has 4 rings (SSSR count). The lowest BCUT2D eigenvalue weighted by Gasteiger charge is -2.16. The van der Waals surface area contributed by atoms with Crippen LogP contribution in [0.2, 0.25) is 19.6 Å². The van der Waals surface area contributed by atoms with Crippen LogP contribution in [0.15, 0.2) is 48.9 Å². The van der Waals surface area contributed by atoms with Crippen LogP contribution in [0, 0.1) is 0 Å². The van der Waals surface area contributed by atoms with Crippen molar-refractivity contribution in [1.29, 1.82) is 0 Å². The van der Waals surface area contributed by atoms with Crippen molar-refractivity contribution in [3.8, 4) is 11.1 Å². The van der Waals surface area contributed by atoms with Gasteiger partial charge in [0.2, 0.25) is 0 Å². The van der Waals surface area contributed by atoms with E-state index in [2.05, 4.69) is 58.9 Å². The SMILES string of the molecule is C[Si](C)(C)c1[nH]c2ncc3ccc(-c4cccnc4)cc3c2c1CO. The largest absolute Gasteiger partial charge is 0.392 e. The first-order valence-electron chi connectivity index (χ1n) is 8.44. The fraction of sp³-hybridized carbons (Fsp3) is 0.200. The lowest BCUT2D eigenvalue weighted by Crippen LogP contribution is -2.40. The van der Waals surface area contributed by atoms with Gasteiger partial charge in [-0.3, -0.25) is 4.98 Å². The predicted octanol–water partition coefficient (Wildman–Crippen LogP) is 3.82. The number of H-pyrrole nitrogens is 1. The Morgan fingerprint density at radius 3 is 2.60 bits per heavy atom. The Bertz CT molecular complexity index is 1070. The van der Waals surface area contributed by atoms with Crippen LogP contribution in [0.5, 0.6) is 0 Å². The van der Waals surface area contributed by atoms with Gasteiger partial charge in [-0.05, 0) is 23.1 Å². The number of rotatable bonds is 3. The number of aliphatic hydroxyl groups excluding tert-OH is 1. The van der Waals surface area contributed by atoms with Gasteiger partial charge in [-0.25, -0.2) is 4.98 Å². The summed E-state index contributed by atoms with van der Waals surface area (Å²) >= 11 is 0. The molecule has 0 atom stereocenters. The predicted molar refractivity (Wildman–Crippen MR) is 106 cm³/mol. The van der Waals surface area contributed by atoms with Crippen molar-refractivity contribution in [2.24, 2.45) is 0 Å². The number of aliphatic hydroxyl groups is 1. The van der Waals surface area contributed by atoms with Crippen molar-refractivity contribution >= 4 is 35.2 Å². The molecule has 25 heavy (non-hydrogen) atoms. The van der Waals surface area contributed by atoms with Crippen molar-refractivity contribution in [2.45, 2.75) is 26.2 Å². The Hall–Kier alpha value is -2.50. The fourth-order valence-corrected chi connectivity index (χ4v) is 5.04. The molecule has 4 aromatic rings. The summed E-state index contributed by atoms with van der Waals surface area (Å²) < 4.78 is 0. The van der Waals surface area contributed by atoms with Crippen LogP contribution in [0.3, 0.4) is 0 Å². The number of aromatic amines is 1. The zero-order valence-corrected chi connectivity index (χ0v) is 15.7. The second kappa shape index (κ2) is 5.79. The summed E-state index contributed by atoms with van der Waals surface area (Å²) in [5.41, 5.74) is 4.06. The minimum absolute atomic E-state index is 0.0253. The molecule has 4 nitrogen and oxygen atoms in total. The quantitative estimate of drug-likeness (QED) is 0.554. The maximum atomic E-state index is 10.1. The van der Waals surface area contributed by atoms with E-state index in [-0.39, 0.29) is 6.61 Å². The van der Waals surface area contributed by atoms with Gasteiger partial charge in [-0.1, -0.05) is 37.8 Å². The van der Waals surface area contributed by atoms with Gasteiger partial charge in [0.25, 0.3) is 0 Å². The molecular formula is C20H21N3OSi. The van der Waals surface area contributed by atoms with Gasteiger partial charge in [0.15, 0.2) is 0 Å². The van der Waals surface area contributed by atoms with Crippen LogP contribution in [0.1, 0.15) is 5.56 Å². The van der Waals surface area contributed by atoms with Crippen molar-refractivity contribution < 1.29 is 5.11 Å². The second-order valence-electron chi connectivity index (χ2n) is 7.41. The Balaban J connectivity index is 2.06. The molecule has 126 valence electrons. The summed E-state index contributed by atoms with van der Waals surface area (Å²) in [6, 6.07) is 10.4. The number of aromatic nitrogens is 3. The Morgan fingerprint density at radius 1 is 1.08 bits per heavy atom. The van der Waals surface area contributed by atoms with E-state index in [1.54, 1.807) is 6.20 Å². The van der Waals surface area contributed by atoms with Crippen LogP contribution >= 0.6 is 0 Å². The van der Waals surface area contributed by atoms with Crippen molar-refractivity contribution in [3.05, 3.63) is 54.5 Å². The Labute approximate surface area is 147 Å². The molecule has 0 amide bonds. The van der Waals surface area contributed by atoms with E-state index in [0.717, 1.165) is 38.5 Å². The zero-order valence-electron chi connectivity index (χ0n) is 14.7. The van der Waals surface area contributed by atoms with Gasteiger partial charge in [0.1, 0.15) is 5.65 Å². The van der Waals surface area contributed by atoms with Gasteiger partial charge in [0.05, 0.1) is 14.7 Å². The molecular weight excluding hydrogens is 326 g/mol. The maximum absolute atomic E-state index is 10.1. The Morgan fingerprint density at radius 2 is 1.92 bits per heavy atom. The molecule has 0 aliphatic rings. The highest BCUT2D eigenvalue weighted by atomic mass is 28.3. The minimum atomic E-state index is -1.61. The highest BCUT2D eigenvalue weighted by Crippen LogP contribution is 2.30. The Kier molecular flexibility index (Phi) is 3.70. The molecule has 1 aromatic carbocycles. The van der Waals surface area contributed by atoms with Crippen molar-refractivity contribution in [3.63, 3.8) is 0 Å². The fourth-order valence-electron chi connectivity index (χ4n) is 3.44. The molecule has 0 saturated heterocycles. The van der Waals surface area contributed by atoms with Crippen LogP contribution in [0.4, 0.5) is 0 Å². The van der Waals surface area contributed by atoms with Crippen LogP contribution in [-0.4, -0.2) is 28.1 Å². The summed E-state index contributed by atoms with van der Waals surface area (Å²) in [7, 11) is -1.61. The monoisotopic (exact) mass is 347 g/mol. The molecule has 0 aliphatic heterocycles. The molecule has 0 bridgehead atoms. The standard InChI is InChI=1S/C20H21N3OSi/c1-25(2,3)20-17(12-24)18-16-9-13(14-5-4-8-21-10-14)6-7-15(16)11-22-19(18)23-20/h4-11,24H,12H2,1-3H3,(H,22,23). The van der Waals surface area contributed by atoms with Crippen LogP contribution in [-0.2, 0) is 6.61 Å². The molecule has 2 N–H and O–H groups in total. The lowest BCUT2D eigenvalue weighted by molar-refractivity contribution is 0.284. The summed E-state index contributed by atoms with van der Waals surface area (Å²) in [4.78, 5) is 12.3. The summed E-state index contributed by atoms with van der Waals surface area (Å²) in [5, 5.41) is 14.5. The topological polar surface area (TPSA) is 61.8 Å². The number of nitrogens with zero attached hydrogens (tertiary/aromatic N) is 2. The van der Waals surface area contributed by atoms with E-state index in [0.29, 0.717) is 0 Å². The van der Waals surface area contributed by atoms with E-state index in [4.69, 9.17) is 0 Å². The maximum Gasteiger partial charge on any atom is 0.138 e. The van der Waals surface area contributed by atoms with Crippen molar-refractivity contribution in [1.82, 2.24) is 15.0 Å². The smallest absolute Gasteiger partial charge is 0.138 e. The van der Waals surface area contributed by atoms with Gasteiger partial charge in [-0.2, -0.15) is 0 Å². The second-order valence-corrected chi connectivity index (χ2v) is 12.4. The lowest BCUT2D eigenvalue weighted by atomic mass is 10.0. The van der Waals surface area contributed by atoms with Crippen LogP contribution < -0.4 is 5.32 Å². The number of nitrogens with one attached hydrogen (secondary N) is 1. The van der Waals surface area contributed by atoms with E-state index < -0.39 is 8.07 Å². The number of fused-ring (bicyclic) bond motifs is 3. The third-order valence-electron chi connectivity index (χ3n) is 4.64. The highest BCUT2D eigenvalue weighted by molar-refractivity contribution is 6.88. The first kappa shape index (κ1) is 16.0. The number of hydrogen-bond donors (Lipinski definition) is 2. The summed E-state index contributed by atoms with van der Waals surface area (Å²) in [6.45, 7) is 6.86. The van der Waals surface area contributed by atoms with E-state index in [9.17, 15) is 5.11 Å². The van der Waals surface area contributed by atoms with Gasteiger partial charge < -0.3 is 10.1 Å². The molecule has 0 radical (unpaired) electrons. The molecule has 0 fully saturated rings. The first-order valence-corrected chi connectivity index (χ1v) is 11.9. The summed E-state index contributed by atoms with van der Waals surface area (Å²) in [5.74, 6) is 0. The summed E-state index contributed by atoms with van der Waals surface area (Å²) in [6.07, 6.45) is 5.55. The van der Waals surface area contributed by atoms with Gasteiger partial charge >= 0.3 is 0 Å². The zero-order chi connectivity index (χ0) is 17.6. The van der Waals surface area contributed by atoms with Crippen molar-refractivity contribution in [2.75, 3.05) is 0 Å². The third-order valence-corrected chi connectivity index (χ3v) is 6.57. The molecule has 3 heterocycles. The molecule has 0 spiro atoms. The van der Waals surface area contributed by atoms with E-state index in [1.165, 1.54) is 5.32 Å². The molecule has 5 heteroatoms. The number of benzene rings is 1. The van der Waals surface area contributed by atoms with Crippen LogP contribution in [0.25, 0.3) is 32.9 Å². The normalized spacial score (nSPS) is 12.2. The number of hydrogen-bond acceptors (Lipinski definition) is 3. The molecule has 0 unspecified atom stereocenters. The van der Waals surface area contributed by atoms with E-state index >= 15 is 0 Å². The number of pyridine rings is 2. The highest BCUT2D eigenvalue weighted by Gasteiger charge is 2.25. The minimum Gasteiger partial charge on any atom is -0.392 e. The molecule has 0 saturated carbocycles.